The molecule has 194 valence electrons. The summed E-state index contributed by atoms with van der Waals surface area (Å²) in [7, 11) is 1.63. The van der Waals surface area contributed by atoms with Gasteiger partial charge in [-0.3, -0.25) is 14.4 Å². The van der Waals surface area contributed by atoms with Crippen LogP contribution in [-0.2, 0) is 25.5 Å². The molecule has 0 bridgehead atoms. The van der Waals surface area contributed by atoms with Crippen molar-refractivity contribution in [2.45, 2.75) is 59.0 Å². The molecule has 1 aromatic rings. The summed E-state index contributed by atoms with van der Waals surface area (Å²) in [6, 6.07) is 10.2. The number of thiocarbonyl (C=S) groups is 1. The second-order valence-electron chi connectivity index (χ2n) is 9.31. The number of alkyl halides is 1. The van der Waals surface area contributed by atoms with Crippen molar-refractivity contribution in [3.63, 3.8) is 0 Å². The average Bonchev–Trinajstić information content (AvgIpc) is 2.79. The highest BCUT2D eigenvalue weighted by molar-refractivity contribution is 8.22. The minimum atomic E-state index is -0.772. The number of nitrogens with one attached hydrogen (secondary N) is 1. The number of carbonyl (C=O) groups is 3. The fourth-order valence-electron chi connectivity index (χ4n) is 2.97. The van der Waals surface area contributed by atoms with Crippen molar-refractivity contribution in [2.75, 3.05) is 25.2 Å². The summed E-state index contributed by atoms with van der Waals surface area (Å²) in [5.74, 6) is 0.122. The molecule has 0 spiro atoms. The molecule has 9 heteroatoms. The van der Waals surface area contributed by atoms with Gasteiger partial charge in [0, 0.05) is 25.1 Å². The third-order valence-corrected chi connectivity index (χ3v) is 6.59. The van der Waals surface area contributed by atoms with Crippen LogP contribution in [0.5, 0.6) is 0 Å². The zero-order valence-corrected chi connectivity index (χ0v) is 23.4. The summed E-state index contributed by atoms with van der Waals surface area (Å²) in [5, 5.41) is 2.57. The van der Waals surface area contributed by atoms with Gasteiger partial charge in [0.25, 0.3) is 0 Å². The van der Waals surface area contributed by atoms with E-state index in [0.717, 1.165) is 18.6 Å². The normalized spacial score (nSPS) is 12.3. The summed E-state index contributed by atoms with van der Waals surface area (Å²) in [6.07, 6.45) is 5.36. The minimum Gasteiger partial charge on any atom is -0.456 e. The van der Waals surface area contributed by atoms with Crippen LogP contribution in [0.1, 0.15) is 52.0 Å². The molecule has 35 heavy (non-hydrogen) atoms. The third-order valence-electron chi connectivity index (χ3n) is 4.73. The van der Waals surface area contributed by atoms with Crippen LogP contribution < -0.4 is 5.32 Å². The lowest BCUT2D eigenvalue weighted by atomic mass is 9.92. The number of halogens is 1. The monoisotopic (exact) mass is 540 g/mol. The third kappa shape index (κ3) is 15.0. The molecule has 1 atom stereocenters. The average molecular weight is 541 g/mol. The number of rotatable bonds is 13. The molecule has 0 aromatic heterocycles. The number of aryl methyl sites for hydroxylation is 1. The first-order valence-corrected chi connectivity index (χ1v) is 13.6. The molecular weight excluding hydrogens is 504 g/mol. The van der Waals surface area contributed by atoms with Gasteiger partial charge >= 0.3 is 5.97 Å². The van der Waals surface area contributed by atoms with Gasteiger partial charge in [-0.05, 0) is 36.3 Å². The quantitative estimate of drug-likeness (QED) is 0.123. The van der Waals surface area contributed by atoms with Crippen LogP contribution >= 0.6 is 35.6 Å². The van der Waals surface area contributed by atoms with E-state index in [1.54, 1.807) is 19.2 Å². The van der Waals surface area contributed by atoms with Gasteiger partial charge < -0.3 is 15.0 Å². The van der Waals surface area contributed by atoms with Crippen molar-refractivity contribution < 1.29 is 19.1 Å². The van der Waals surface area contributed by atoms with Gasteiger partial charge in [-0.15, -0.1) is 11.6 Å². The predicted molar refractivity (Wildman–Crippen MR) is 149 cm³/mol. The fraction of sp³-hybridized carbons (Fsp3) is 0.538. The van der Waals surface area contributed by atoms with Crippen molar-refractivity contribution in [3.05, 3.63) is 48.0 Å². The summed E-state index contributed by atoms with van der Waals surface area (Å²) >= 11 is 12.6. The fourth-order valence-corrected chi connectivity index (χ4v) is 4.21. The van der Waals surface area contributed by atoms with Crippen molar-refractivity contribution in [1.82, 2.24) is 10.2 Å². The van der Waals surface area contributed by atoms with Gasteiger partial charge in [0.05, 0.1) is 6.42 Å². The Labute approximate surface area is 224 Å². The van der Waals surface area contributed by atoms with Gasteiger partial charge in [-0.1, -0.05) is 81.2 Å². The second kappa shape index (κ2) is 16.7. The van der Waals surface area contributed by atoms with Gasteiger partial charge in [0.2, 0.25) is 11.8 Å². The van der Waals surface area contributed by atoms with Gasteiger partial charge in [0.1, 0.15) is 17.0 Å². The molecule has 1 rings (SSSR count). The van der Waals surface area contributed by atoms with Crippen LogP contribution in [-0.4, -0.2) is 58.3 Å². The number of amides is 2. The molecule has 0 fully saturated rings. The predicted octanol–water partition coefficient (Wildman–Crippen LogP) is 5.14. The molecule has 0 aliphatic heterocycles. The first-order chi connectivity index (χ1) is 16.5. The Hall–Kier alpha value is -1.90. The molecule has 0 aliphatic rings. The van der Waals surface area contributed by atoms with Gasteiger partial charge in [-0.2, -0.15) is 0 Å². The lowest BCUT2D eigenvalue weighted by molar-refractivity contribution is -0.148. The lowest BCUT2D eigenvalue weighted by Crippen LogP contribution is -2.36. The number of carbonyl (C=O) groups excluding carboxylic acids is 3. The van der Waals surface area contributed by atoms with Crippen LogP contribution in [0.4, 0.5) is 0 Å². The molecule has 0 radical (unpaired) electrons. The van der Waals surface area contributed by atoms with Crippen LogP contribution in [0.2, 0.25) is 0 Å². The molecule has 2 amide bonds. The zero-order valence-electron chi connectivity index (χ0n) is 21.1. The van der Waals surface area contributed by atoms with Gasteiger partial charge in [-0.25, -0.2) is 0 Å². The van der Waals surface area contributed by atoms with Crippen molar-refractivity contribution in [3.8, 4) is 0 Å². The van der Waals surface area contributed by atoms with E-state index in [-0.39, 0.29) is 30.2 Å². The second-order valence-corrected chi connectivity index (χ2v) is 11.4. The van der Waals surface area contributed by atoms with Gasteiger partial charge in [0.15, 0.2) is 0 Å². The molecular formula is C26H37ClN2O4S2. The molecule has 0 saturated carbocycles. The van der Waals surface area contributed by atoms with Crippen LogP contribution in [0, 0.1) is 5.41 Å². The molecule has 0 saturated heterocycles. The van der Waals surface area contributed by atoms with E-state index in [1.807, 2.05) is 39.0 Å². The number of thioether (sulfide) groups is 1. The van der Waals surface area contributed by atoms with E-state index in [1.165, 1.54) is 22.2 Å². The molecule has 1 aromatic carbocycles. The highest BCUT2D eigenvalue weighted by atomic mass is 35.5. The Bertz CT molecular complexity index is 857. The first-order valence-electron chi connectivity index (χ1n) is 11.7. The summed E-state index contributed by atoms with van der Waals surface area (Å²) in [5.41, 5.74) is 1.09. The molecule has 1 unspecified atom stereocenters. The molecule has 0 aliphatic carbocycles. The van der Waals surface area contributed by atoms with E-state index in [9.17, 15) is 14.4 Å². The Morgan fingerprint density at radius 1 is 1.23 bits per heavy atom. The maximum atomic E-state index is 12.8. The number of esters is 1. The maximum Gasteiger partial charge on any atom is 0.326 e. The summed E-state index contributed by atoms with van der Waals surface area (Å²) < 4.78 is 5.92. The van der Waals surface area contributed by atoms with Crippen LogP contribution in [0.15, 0.2) is 42.5 Å². The zero-order chi connectivity index (χ0) is 26.3. The van der Waals surface area contributed by atoms with E-state index in [2.05, 4.69) is 17.4 Å². The number of hydrogen-bond donors (Lipinski definition) is 1. The Morgan fingerprint density at radius 2 is 1.91 bits per heavy atom. The minimum absolute atomic E-state index is 0.0539. The van der Waals surface area contributed by atoms with Crippen molar-refractivity contribution in [2.24, 2.45) is 5.41 Å². The van der Waals surface area contributed by atoms with Crippen molar-refractivity contribution >= 4 is 57.7 Å². The lowest BCUT2D eigenvalue weighted by Gasteiger charge is -2.21. The summed E-state index contributed by atoms with van der Waals surface area (Å²) in [4.78, 5) is 38.5. The first kappa shape index (κ1) is 31.1. The Morgan fingerprint density at radius 3 is 2.54 bits per heavy atom. The highest BCUT2D eigenvalue weighted by Crippen LogP contribution is 2.18. The van der Waals surface area contributed by atoms with E-state index in [4.69, 9.17) is 28.6 Å². The molecule has 0 heterocycles. The molecule has 1 N–H and O–H groups in total. The van der Waals surface area contributed by atoms with E-state index >= 15 is 0 Å². The van der Waals surface area contributed by atoms with E-state index in [0.29, 0.717) is 23.0 Å². The number of nitrogens with zero attached hydrogens (tertiary/aromatic N) is 1. The van der Waals surface area contributed by atoms with Crippen LogP contribution in [0.3, 0.4) is 0 Å². The van der Waals surface area contributed by atoms with E-state index < -0.39 is 12.1 Å². The largest absolute Gasteiger partial charge is 0.456 e. The standard InChI is InChI=1S/C26H37ClN2O4S2/c1-26(2,3)18-22(30)28-19-24(32)33-21(14-8-9-15-27)17-23(31)29(4)25(34)35-16-10-13-20-11-6-5-7-12-20/h5-8,11-12,14,21H,9-10,13,15-19H2,1-4H3,(H,28,30)/b14-8+. The SMILES string of the molecule is CN(C(=O)CC(/C=C/CCCl)OC(=O)CNC(=O)CC(C)(C)C)C(=S)SCCCc1ccccc1. The highest BCUT2D eigenvalue weighted by Gasteiger charge is 2.22. The number of benzene rings is 1. The maximum absolute atomic E-state index is 12.8. The number of ether oxygens (including phenoxy) is 1. The number of hydrogen-bond acceptors (Lipinski definition) is 6. The van der Waals surface area contributed by atoms with Crippen LogP contribution in [0.25, 0.3) is 0 Å². The summed E-state index contributed by atoms with van der Waals surface area (Å²) in [6.45, 7) is 5.57. The Balaban J connectivity index is 2.53. The van der Waals surface area contributed by atoms with Crippen molar-refractivity contribution in [1.29, 1.82) is 0 Å². The topological polar surface area (TPSA) is 75.7 Å². The molecule has 6 nitrogen and oxygen atoms in total. The Kier molecular flexibility index (Phi) is 14.9. The number of allylic oxidation sites excluding steroid dienone is 1. The smallest absolute Gasteiger partial charge is 0.326 e.